The summed E-state index contributed by atoms with van der Waals surface area (Å²) in [5.74, 6) is 0.503. The van der Waals surface area contributed by atoms with Gasteiger partial charge in [-0.05, 0) is 42.4 Å². The maximum atomic E-state index is 12.2. The molecular formula is C14H25BrN4O. The lowest BCUT2D eigenvalue weighted by Gasteiger charge is -2.22. The fraction of sp³-hybridized carbons (Fsp3) is 0.714. The van der Waals surface area contributed by atoms with Crippen molar-refractivity contribution < 1.29 is 0 Å². The average molecular weight is 345 g/mol. The predicted molar refractivity (Wildman–Crippen MR) is 87.3 cm³/mol. The Morgan fingerprint density at radius 2 is 2.10 bits per heavy atom. The van der Waals surface area contributed by atoms with Crippen molar-refractivity contribution in [2.45, 2.75) is 39.8 Å². The van der Waals surface area contributed by atoms with E-state index in [2.05, 4.69) is 47.1 Å². The number of nitrogens with one attached hydrogen (secondary N) is 1. The number of rotatable bonds is 7. The van der Waals surface area contributed by atoms with Crippen molar-refractivity contribution in [2.75, 3.05) is 26.0 Å². The molecule has 6 heteroatoms. The Morgan fingerprint density at radius 1 is 1.45 bits per heavy atom. The van der Waals surface area contributed by atoms with Gasteiger partial charge >= 0.3 is 0 Å². The minimum Gasteiger partial charge on any atom is -0.380 e. The Labute approximate surface area is 129 Å². The molecule has 0 fully saturated rings. The van der Waals surface area contributed by atoms with Gasteiger partial charge in [0, 0.05) is 12.6 Å². The molecule has 0 aliphatic heterocycles. The van der Waals surface area contributed by atoms with E-state index in [4.69, 9.17) is 0 Å². The first kappa shape index (κ1) is 17.2. The standard InChI is InChI=1S/C14H25BrN4O/c1-6-11(10(2)3)17-12-9-16-19(8-7-18(4)5)14(20)13(12)15/h9-11,17H,6-8H2,1-5H3. The highest BCUT2D eigenvalue weighted by atomic mass is 79.9. The highest BCUT2D eigenvalue weighted by Gasteiger charge is 2.15. The van der Waals surface area contributed by atoms with Gasteiger partial charge in [-0.25, -0.2) is 4.68 Å². The van der Waals surface area contributed by atoms with Gasteiger partial charge in [0.2, 0.25) is 0 Å². The molecule has 1 aromatic heterocycles. The van der Waals surface area contributed by atoms with Crippen LogP contribution in [0.25, 0.3) is 0 Å². The van der Waals surface area contributed by atoms with Crippen molar-refractivity contribution in [3.8, 4) is 0 Å². The summed E-state index contributed by atoms with van der Waals surface area (Å²) in [4.78, 5) is 14.3. The molecule has 0 bridgehead atoms. The molecule has 0 saturated carbocycles. The molecule has 0 amide bonds. The third-order valence-electron chi connectivity index (χ3n) is 3.33. The summed E-state index contributed by atoms with van der Waals surface area (Å²) in [6.45, 7) is 7.85. The van der Waals surface area contributed by atoms with Crippen LogP contribution in [0.3, 0.4) is 0 Å². The van der Waals surface area contributed by atoms with Gasteiger partial charge in [-0.15, -0.1) is 0 Å². The van der Waals surface area contributed by atoms with E-state index >= 15 is 0 Å². The first-order valence-corrected chi connectivity index (χ1v) is 7.83. The highest BCUT2D eigenvalue weighted by Crippen LogP contribution is 2.20. The van der Waals surface area contributed by atoms with Crippen molar-refractivity contribution in [3.05, 3.63) is 21.0 Å². The molecule has 0 aliphatic carbocycles. The Hall–Kier alpha value is -0.880. The third-order valence-corrected chi connectivity index (χ3v) is 4.10. The van der Waals surface area contributed by atoms with Gasteiger partial charge in [0.05, 0.1) is 18.4 Å². The van der Waals surface area contributed by atoms with Crippen LogP contribution >= 0.6 is 15.9 Å². The lowest BCUT2D eigenvalue weighted by atomic mass is 10.0. The normalized spacial score (nSPS) is 13.0. The molecule has 114 valence electrons. The van der Waals surface area contributed by atoms with Crippen LogP contribution in [0.15, 0.2) is 15.5 Å². The van der Waals surface area contributed by atoms with Crippen LogP contribution in [0.1, 0.15) is 27.2 Å². The molecule has 1 atom stereocenters. The molecule has 0 saturated heterocycles. The van der Waals surface area contributed by atoms with E-state index in [1.54, 1.807) is 6.20 Å². The molecule has 1 N–H and O–H groups in total. The number of hydrogen-bond donors (Lipinski definition) is 1. The Kier molecular flexibility index (Phi) is 6.68. The van der Waals surface area contributed by atoms with Gasteiger partial charge in [-0.1, -0.05) is 20.8 Å². The van der Waals surface area contributed by atoms with Gasteiger partial charge in [-0.2, -0.15) is 5.10 Å². The number of nitrogens with zero attached hydrogens (tertiary/aromatic N) is 3. The van der Waals surface area contributed by atoms with Crippen LogP contribution in [0.4, 0.5) is 5.69 Å². The molecule has 20 heavy (non-hydrogen) atoms. The van der Waals surface area contributed by atoms with E-state index in [0.717, 1.165) is 18.7 Å². The summed E-state index contributed by atoms with van der Waals surface area (Å²) in [6.07, 6.45) is 2.74. The summed E-state index contributed by atoms with van der Waals surface area (Å²) in [5, 5.41) is 7.64. The summed E-state index contributed by atoms with van der Waals surface area (Å²) in [6, 6.07) is 0.338. The fourth-order valence-corrected chi connectivity index (χ4v) is 2.38. The van der Waals surface area contributed by atoms with E-state index in [1.807, 2.05) is 19.0 Å². The number of likely N-dealkylation sites (N-methyl/N-ethyl adjacent to an activating group) is 1. The maximum absolute atomic E-state index is 12.2. The molecular weight excluding hydrogens is 320 g/mol. The van der Waals surface area contributed by atoms with Crippen LogP contribution in [0.5, 0.6) is 0 Å². The largest absolute Gasteiger partial charge is 0.380 e. The number of halogens is 1. The van der Waals surface area contributed by atoms with E-state index < -0.39 is 0 Å². The van der Waals surface area contributed by atoms with Gasteiger partial charge in [0.15, 0.2) is 0 Å². The van der Waals surface area contributed by atoms with Crippen molar-refractivity contribution in [1.29, 1.82) is 0 Å². The Balaban J connectivity index is 2.91. The van der Waals surface area contributed by atoms with Crippen LogP contribution in [0.2, 0.25) is 0 Å². The predicted octanol–water partition coefficient (Wildman–Crippen LogP) is 2.41. The van der Waals surface area contributed by atoms with E-state index in [0.29, 0.717) is 23.0 Å². The summed E-state index contributed by atoms with van der Waals surface area (Å²) in [7, 11) is 3.95. The molecule has 1 aromatic rings. The number of aromatic nitrogens is 2. The number of anilines is 1. The second-order valence-corrected chi connectivity index (χ2v) is 6.40. The van der Waals surface area contributed by atoms with Gasteiger partial charge in [-0.3, -0.25) is 4.79 Å². The molecule has 1 rings (SSSR count). The molecule has 1 unspecified atom stereocenters. The zero-order chi connectivity index (χ0) is 15.3. The highest BCUT2D eigenvalue weighted by molar-refractivity contribution is 9.10. The van der Waals surface area contributed by atoms with Crippen molar-refractivity contribution in [1.82, 2.24) is 14.7 Å². The zero-order valence-corrected chi connectivity index (χ0v) is 14.6. The lowest BCUT2D eigenvalue weighted by Crippen LogP contribution is -2.31. The second kappa shape index (κ2) is 7.78. The molecule has 0 radical (unpaired) electrons. The topological polar surface area (TPSA) is 50.2 Å². The first-order valence-electron chi connectivity index (χ1n) is 7.03. The maximum Gasteiger partial charge on any atom is 0.283 e. The van der Waals surface area contributed by atoms with Crippen LogP contribution in [-0.4, -0.2) is 41.4 Å². The summed E-state index contributed by atoms with van der Waals surface area (Å²) >= 11 is 3.40. The van der Waals surface area contributed by atoms with Gasteiger partial charge < -0.3 is 10.2 Å². The Bertz CT molecular complexity index is 485. The van der Waals surface area contributed by atoms with Crippen LogP contribution in [-0.2, 0) is 6.54 Å². The zero-order valence-electron chi connectivity index (χ0n) is 13.0. The SMILES string of the molecule is CCC(Nc1cnn(CCN(C)C)c(=O)c1Br)C(C)C. The molecule has 5 nitrogen and oxygen atoms in total. The van der Waals surface area contributed by atoms with E-state index in [9.17, 15) is 4.79 Å². The minimum absolute atomic E-state index is 0.0875. The van der Waals surface area contributed by atoms with Gasteiger partial charge in [0.25, 0.3) is 5.56 Å². The van der Waals surface area contributed by atoms with Crippen molar-refractivity contribution in [2.24, 2.45) is 5.92 Å². The van der Waals surface area contributed by atoms with Crippen LogP contribution in [0, 0.1) is 5.92 Å². The smallest absolute Gasteiger partial charge is 0.283 e. The first-order chi connectivity index (χ1) is 9.36. The molecule has 0 aliphatic rings. The average Bonchev–Trinajstić information content (AvgIpc) is 2.38. The summed E-state index contributed by atoms with van der Waals surface area (Å²) < 4.78 is 2.05. The van der Waals surface area contributed by atoms with Gasteiger partial charge in [0.1, 0.15) is 4.47 Å². The van der Waals surface area contributed by atoms with E-state index in [-0.39, 0.29) is 5.56 Å². The van der Waals surface area contributed by atoms with E-state index in [1.165, 1.54) is 4.68 Å². The Morgan fingerprint density at radius 3 is 2.60 bits per heavy atom. The lowest BCUT2D eigenvalue weighted by molar-refractivity contribution is 0.367. The fourth-order valence-electron chi connectivity index (χ4n) is 1.96. The monoisotopic (exact) mass is 344 g/mol. The van der Waals surface area contributed by atoms with Crippen LogP contribution < -0.4 is 10.9 Å². The molecule has 1 heterocycles. The summed E-state index contributed by atoms with van der Waals surface area (Å²) in [5.41, 5.74) is 0.687. The molecule has 0 spiro atoms. The second-order valence-electron chi connectivity index (χ2n) is 5.61. The van der Waals surface area contributed by atoms with Crippen molar-refractivity contribution in [3.63, 3.8) is 0 Å². The number of hydrogen-bond acceptors (Lipinski definition) is 4. The minimum atomic E-state index is -0.0875. The quantitative estimate of drug-likeness (QED) is 0.825. The molecule has 0 aromatic carbocycles. The van der Waals surface area contributed by atoms with Crippen molar-refractivity contribution >= 4 is 21.6 Å². The third kappa shape index (κ3) is 4.59.